The van der Waals surface area contributed by atoms with E-state index < -0.39 is 30.7 Å². The standard InChI is InChI=1S/C17H15Cl2F4N3O2/c1-9(11-5-14(20)13(19)6-12(11)18)26-16(27)25-7-10-3-2-4-24-15(10)28-8-17(21,22)23/h2-6,9H,7-8H2,1H3,(H2,25,26,27). The van der Waals surface area contributed by atoms with E-state index in [9.17, 15) is 22.4 Å². The van der Waals surface area contributed by atoms with E-state index in [2.05, 4.69) is 20.4 Å². The smallest absolute Gasteiger partial charge is 0.422 e. The number of nitrogens with zero attached hydrogens (tertiary/aromatic N) is 1. The van der Waals surface area contributed by atoms with E-state index in [1.807, 2.05) is 0 Å². The van der Waals surface area contributed by atoms with Crippen molar-refractivity contribution in [3.05, 3.63) is 57.5 Å². The molecular formula is C17H15Cl2F4N3O2. The first-order valence-electron chi connectivity index (χ1n) is 7.89. The molecular weight excluding hydrogens is 425 g/mol. The molecule has 1 atom stereocenters. The van der Waals surface area contributed by atoms with Gasteiger partial charge in [-0.05, 0) is 30.7 Å². The lowest BCUT2D eigenvalue weighted by Gasteiger charge is -2.17. The number of carbonyl (C=O) groups is 1. The van der Waals surface area contributed by atoms with E-state index in [0.717, 1.165) is 6.07 Å². The molecule has 0 bridgehead atoms. The Labute approximate surface area is 168 Å². The number of pyridine rings is 1. The van der Waals surface area contributed by atoms with Crippen molar-refractivity contribution < 1.29 is 27.1 Å². The minimum atomic E-state index is -4.51. The molecule has 1 heterocycles. The molecule has 0 radical (unpaired) electrons. The van der Waals surface area contributed by atoms with Gasteiger partial charge in [0.1, 0.15) is 5.82 Å². The van der Waals surface area contributed by atoms with Crippen molar-refractivity contribution in [1.82, 2.24) is 15.6 Å². The summed E-state index contributed by atoms with van der Waals surface area (Å²) >= 11 is 11.6. The van der Waals surface area contributed by atoms with Crippen molar-refractivity contribution in [3.63, 3.8) is 0 Å². The van der Waals surface area contributed by atoms with E-state index >= 15 is 0 Å². The summed E-state index contributed by atoms with van der Waals surface area (Å²) in [5, 5.41) is 5.04. The molecule has 1 unspecified atom stereocenters. The highest BCUT2D eigenvalue weighted by Crippen LogP contribution is 2.28. The Morgan fingerprint density at radius 1 is 1.29 bits per heavy atom. The van der Waals surface area contributed by atoms with Crippen LogP contribution in [-0.4, -0.2) is 23.8 Å². The molecule has 2 rings (SSSR count). The summed E-state index contributed by atoms with van der Waals surface area (Å²) in [6.07, 6.45) is -3.24. The molecule has 0 saturated heterocycles. The van der Waals surface area contributed by atoms with Crippen LogP contribution in [0.15, 0.2) is 30.5 Å². The van der Waals surface area contributed by atoms with Gasteiger partial charge in [0.15, 0.2) is 6.61 Å². The number of ether oxygens (including phenoxy) is 1. The van der Waals surface area contributed by atoms with Crippen LogP contribution in [0.5, 0.6) is 5.88 Å². The molecule has 0 aliphatic rings. The van der Waals surface area contributed by atoms with Crippen molar-refractivity contribution in [1.29, 1.82) is 0 Å². The predicted octanol–water partition coefficient (Wildman–Crippen LogP) is 5.03. The normalized spacial score (nSPS) is 12.4. The first kappa shape index (κ1) is 22.0. The maximum Gasteiger partial charge on any atom is 0.422 e. The fourth-order valence-corrected chi connectivity index (χ4v) is 2.76. The molecule has 0 fully saturated rings. The number of nitrogens with one attached hydrogen (secondary N) is 2. The highest BCUT2D eigenvalue weighted by molar-refractivity contribution is 6.35. The molecule has 1 aromatic carbocycles. The van der Waals surface area contributed by atoms with Crippen molar-refractivity contribution in [2.75, 3.05) is 6.61 Å². The van der Waals surface area contributed by atoms with Gasteiger partial charge in [0.2, 0.25) is 5.88 Å². The molecule has 1 aromatic heterocycles. The molecule has 2 amide bonds. The van der Waals surface area contributed by atoms with Gasteiger partial charge in [0, 0.05) is 23.3 Å². The number of carbonyl (C=O) groups excluding carboxylic acids is 1. The van der Waals surface area contributed by atoms with Crippen molar-refractivity contribution >= 4 is 29.2 Å². The number of halogens is 6. The minimum Gasteiger partial charge on any atom is -0.468 e. The highest BCUT2D eigenvalue weighted by atomic mass is 35.5. The molecule has 0 aliphatic carbocycles. The molecule has 0 saturated carbocycles. The molecule has 152 valence electrons. The average Bonchev–Trinajstić information content (AvgIpc) is 2.61. The van der Waals surface area contributed by atoms with Gasteiger partial charge in [-0.3, -0.25) is 0 Å². The second-order valence-corrected chi connectivity index (χ2v) is 6.52. The lowest BCUT2D eigenvalue weighted by atomic mass is 10.1. The molecule has 5 nitrogen and oxygen atoms in total. The van der Waals surface area contributed by atoms with Crippen molar-refractivity contribution in [2.24, 2.45) is 0 Å². The van der Waals surface area contributed by atoms with E-state index in [1.54, 1.807) is 6.92 Å². The zero-order valence-corrected chi connectivity index (χ0v) is 15.9. The number of rotatable bonds is 6. The molecule has 2 N–H and O–H groups in total. The second kappa shape index (κ2) is 9.29. The number of hydrogen-bond acceptors (Lipinski definition) is 3. The monoisotopic (exact) mass is 439 g/mol. The topological polar surface area (TPSA) is 63.2 Å². The summed E-state index contributed by atoms with van der Waals surface area (Å²) in [7, 11) is 0. The predicted molar refractivity (Wildman–Crippen MR) is 96.0 cm³/mol. The van der Waals surface area contributed by atoms with E-state index in [0.29, 0.717) is 5.56 Å². The number of urea groups is 1. The second-order valence-electron chi connectivity index (χ2n) is 5.71. The lowest BCUT2D eigenvalue weighted by Crippen LogP contribution is -2.37. The quantitative estimate of drug-likeness (QED) is 0.490. The van der Waals surface area contributed by atoms with Crippen LogP contribution in [0, 0.1) is 5.82 Å². The lowest BCUT2D eigenvalue weighted by molar-refractivity contribution is -0.154. The number of benzene rings is 1. The summed E-state index contributed by atoms with van der Waals surface area (Å²) in [6.45, 7) is -0.0563. The van der Waals surface area contributed by atoms with Crippen molar-refractivity contribution in [3.8, 4) is 5.88 Å². The SMILES string of the molecule is CC(NC(=O)NCc1cccnc1OCC(F)(F)F)c1cc(F)c(Cl)cc1Cl. The van der Waals surface area contributed by atoms with Gasteiger partial charge < -0.3 is 15.4 Å². The number of aromatic nitrogens is 1. The number of hydrogen-bond donors (Lipinski definition) is 2. The Balaban J connectivity index is 1.97. The Hall–Kier alpha value is -2.26. The third-order valence-corrected chi connectivity index (χ3v) is 4.13. The first-order valence-corrected chi connectivity index (χ1v) is 8.64. The summed E-state index contributed by atoms with van der Waals surface area (Å²) in [5.74, 6) is -0.923. The largest absolute Gasteiger partial charge is 0.468 e. The summed E-state index contributed by atoms with van der Waals surface area (Å²) in [4.78, 5) is 15.8. The number of alkyl halides is 3. The third kappa shape index (κ3) is 6.42. The van der Waals surface area contributed by atoms with Crippen molar-refractivity contribution in [2.45, 2.75) is 25.7 Å². The zero-order chi connectivity index (χ0) is 20.9. The summed E-state index contributed by atoms with van der Waals surface area (Å²) < 4.78 is 55.2. The van der Waals surface area contributed by atoms with Gasteiger partial charge in [-0.15, -0.1) is 0 Å². The van der Waals surface area contributed by atoms with E-state index in [4.69, 9.17) is 23.2 Å². The van der Waals surface area contributed by atoms with E-state index in [-0.39, 0.29) is 28.0 Å². The molecule has 0 spiro atoms. The molecule has 2 aromatic rings. The zero-order valence-electron chi connectivity index (χ0n) is 14.4. The fourth-order valence-electron chi connectivity index (χ4n) is 2.21. The average molecular weight is 440 g/mol. The molecule has 0 aliphatic heterocycles. The van der Waals surface area contributed by atoms with Crippen LogP contribution in [0.3, 0.4) is 0 Å². The van der Waals surface area contributed by atoms with Gasteiger partial charge >= 0.3 is 12.2 Å². The van der Waals surface area contributed by atoms with Crippen LogP contribution in [0.4, 0.5) is 22.4 Å². The highest BCUT2D eigenvalue weighted by Gasteiger charge is 2.29. The van der Waals surface area contributed by atoms with Gasteiger partial charge in [-0.2, -0.15) is 13.2 Å². The Morgan fingerprint density at radius 2 is 2.00 bits per heavy atom. The van der Waals surface area contributed by atoms with Crippen LogP contribution in [0.1, 0.15) is 24.1 Å². The summed E-state index contributed by atoms with van der Waals surface area (Å²) in [6, 6.07) is 3.99. The first-order chi connectivity index (χ1) is 13.1. The Morgan fingerprint density at radius 3 is 2.68 bits per heavy atom. The van der Waals surface area contributed by atoms with Crippen LogP contribution in [0.25, 0.3) is 0 Å². The van der Waals surface area contributed by atoms with Crippen LogP contribution >= 0.6 is 23.2 Å². The van der Waals surface area contributed by atoms with Gasteiger partial charge in [-0.25, -0.2) is 14.2 Å². The van der Waals surface area contributed by atoms with Crippen LogP contribution in [-0.2, 0) is 6.54 Å². The third-order valence-electron chi connectivity index (χ3n) is 3.52. The molecule has 11 heteroatoms. The van der Waals surface area contributed by atoms with Gasteiger partial charge in [-0.1, -0.05) is 29.3 Å². The Kier molecular flexibility index (Phi) is 7.31. The maximum atomic E-state index is 13.6. The van der Waals surface area contributed by atoms with Crippen LogP contribution in [0.2, 0.25) is 10.0 Å². The van der Waals surface area contributed by atoms with Gasteiger partial charge in [0.05, 0.1) is 11.1 Å². The Bertz CT molecular complexity index is 850. The molecule has 28 heavy (non-hydrogen) atoms. The fraction of sp³-hybridized carbons (Fsp3) is 0.294. The number of amides is 2. The van der Waals surface area contributed by atoms with Crippen LogP contribution < -0.4 is 15.4 Å². The minimum absolute atomic E-state index is 0.137. The maximum absolute atomic E-state index is 13.6. The van der Waals surface area contributed by atoms with Gasteiger partial charge in [0.25, 0.3) is 0 Å². The summed E-state index contributed by atoms with van der Waals surface area (Å²) in [5.41, 5.74) is 0.569. The van der Waals surface area contributed by atoms with E-state index in [1.165, 1.54) is 24.4 Å².